The fraction of sp³-hybridized carbons (Fsp3) is 0.250. The molecule has 0 aliphatic carbocycles. The molecule has 8 heteroatoms. The smallest absolute Gasteiger partial charge is 0.322 e. The number of nitrogens with one attached hydrogen (secondary N) is 1. The highest BCUT2D eigenvalue weighted by Gasteiger charge is 2.36. The zero-order valence-electron chi connectivity index (χ0n) is 20.2. The van der Waals surface area contributed by atoms with Crippen LogP contribution >= 0.6 is 11.3 Å². The minimum atomic E-state index is -0.339. The van der Waals surface area contributed by atoms with E-state index in [0.29, 0.717) is 12.2 Å². The largest absolute Gasteiger partial charge is 0.497 e. The molecule has 1 unspecified atom stereocenters. The summed E-state index contributed by atoms with van der Waals surface area (Å²) in [6, 6.07) is 17.3. The third kappa shape index (κ3) is 3.96. The van der Waals surface area contributed by atoms with Gasteiger partial charge in [0.25, 0.3) is 0 Å². The Kier molecular flexibility index (Phi) is 5.78. The van der Waals surface area contributed by atoms with E-state index in [2.05, 4.69) is 34.1 Å². The first-order chi connectivity index (χ1) is 17.5. The van der Waals surface area contributed by atoms with Gasteiger partial charge in [-0.25, -0.2) is 9.18 Å². The second kappa shape index (κ2) is 9.11. The lowest BCUT2D eigenvalue weighted by molar-refractivity contribution is 0.194. The lowest BCUT2D eigenvalue weighted by Crippen LogP contribution is -2.38. The van der Waals surface area contributed by atoms with Gasteiger partial charge in [0.1, 0.15) is 16.6 Å². The van der Waals surface area contributed by atoms with Crippen LogP contribution in [0.15, 0.2) is 66.9 Å². The molecule has 0 fully saturated rings. The molecule has 0 saturated heterocycles. The number of hydrogen-bond donors (Lipinski definition) is 1. The van der Waals surface area contributed by atoms with Crippen LogP contribution in [0.3, 0.4) is 0 Å². The van der Waals surface area contributed by atoms with Crippen molar-refractivity contribution in [3.8, 4) is 10.8 Å². The highest BCUT2D eigenvalue weighted by atomic mass is 32.1. The first kappa shape index (κ1) is 22.8. The van der Waals surface area contributed by atoms with Gasteiger partial charge in [-0.15, -0.1) is 11.3 Å². The van der Waals surface area contributed by atoms with E-state index in [-0.39, 0.29) is 17.9 Å². The van der Waals surface area contributed by atoms with Crippen molar-refractivity contribution in [1.29, 1.82) is 0 Å². The van der Waals surface area contributed by atoms with Gasteiger partial charge < -0.3 is 24.4 Å². The van der Waals surface area contributed by atoms with Gasteiger partial charge in [-0.2, -0.15) is 0 Å². The number of halogens is 1. The Morgan fingerprint density at radius 3 is 2.72 bits per heavy atom. The van der Waals surface area contributed by atoms with Crippen LogP contribution in [0.5, 0.6) is 5.75 Å². The molecule has 0 saturated carbocycles. The zero-order valence-corrected chi connectivity index (χ0v) is 21.0. The van der Waals surface area contributed by atoms with E-state index >= 15 is 0 Å². The normalized spacial score (nSPS) is 17.1. The SMILES string of the molecule is COc1cccc(C2c3cccn3-c3sc4c(c3CN2C(=O)Nc2ccc(F)cc2)CCN(C)C4)c1. The van der Waals surface area contributed by atoms with Crippen molar-refractivity contribution in [2.75, 3.05) is 26.0 Å². The van der Waals surface area contributed by atoms with Crippen molar-refractivity contribution < 1.29 is 13.9 Å². The lowest BCUT2D eigenvalue weighted by Gasteiger charge is -2.32. The maximum absolute atomic E-state index is 13.9. The molecule has 1 atom stereocenters. The van der Waals surface area contributed by atoms with Gasteiger partial charge in [0.15, 0.2) is 0 Å². The van der Waals surface area contributed by atoms with E-state index < -0.39 is 0 Å². The van der Waals surface area contributed by atoms with Crippen LogP contribution in [-0.2, 0) is 19.5 Å². The molecule has 2 amide bonds. The molecule has 2 aliphatic heterocycles. The van der Waals surface area contributed by atoms with Crippen LogP contribution in [-0.4, -0.2) is 41.1 Å². The maximum Gasteiger partial charge on any atom is 0.322 e. The molecular weight excluding hydrogens is 475 g/mol. The summed E-state index contributed by atoms with van der Waals surface area (Å²) in [5, 5.41) is 4.18. The minimum absolute atomic E-state index is 0.233. The molecule has 4 aromatic rings. The number of thiophene rings is 1. The number of amides is 2. The topological polar surface area (TPSA) is 49.7 Å². The number of rotatable bonds is 3. The third-order valence-corrected chi connectivity index (χ3v) is 8.28. The average molecular weight is 503 g/mol. The first-order valence-electron chi connectivity index (χ1n) is 12.0. The number of urea groups is 1. The fourth-order valence-electron chi connectivity index (χ4n) is 5.24. The molecule has 6 rings (SSSR count). The van der Waals surface area contributed by atoms with Gasteiger partial charge in [0.2, 0.25) is 0 Å². The lowest BCUT2D eigenvalue weighted by atomic mass is 10.00. The number of hydrogen-bond acceptors (Lipinski definition) is 4. The Hall–Kier alpha value is -3.62. The van der Waals surface area contributed by atoms with E-state index in [4.69, 9.17) is 4.74 Å². The summed E-state index contributed by atoms with van der Waals surface area (Å²) in [6.07, 6.45) is 3.06. The van der Waals surface area contributed by atoms with Crippen LogP contribution in [0.1, 0.15) is 33.3 Å². The number of likely N-dealkylation sites (N-methyl/N-ethyl adjacent to an activating group) is 1. The van der Waals surface area contributed by atoms with Crippen molar-refractivity contribution in [3.63, 3.8) is 0 Å². The Labute approximate surface area is 213 Å². The van der Waals surface area contributed by atoms with Gasteiger partial charge in [-0.05, 0) is 73.1 Å². The number of nitrogens with zero attached hydrogens (tertiary/aromatic N) is 3. The predicted molar refractivity (Wildman–Crippen MR) is 139 cm³/mol. The molecule has 184 valence electrons. The Morgan fingerprint density at radius 2 is 1.92 bits per heavy atom. The van der Waals surface area contributed by atoms with Crippen LogP contribution in [0, 0.1) is 5.82 Å². The average Bonchev–Trinajstić information content (AvgIpc) is 3.46. The molecular formula is C28H27FN4O2S. The monoisotopic (exact) mass is 502 g/mol. The summed E-state index contributed by atoms with van der Waals surface area (Å²) in [4.78, 5) is 19.5. The van der Waals surface area contributed by atoms with Gasteiger partial charge in [0.05, 0.1) is 25.4 Å². The van der Waals surface area contributed by atoms with E-state index in [1.807, 2.05) is 46.6 Å². The first-order valence-corrected chi connectivity index (χ1v) is 12.8. The van der Waals surface area contributed by atoms with E-state index in [9.17, 15) is 9.18 Å². The fourth-order valence-corrected chi connectivity index (χ4v) is 6.69. The third-order valence-electron chi connectivity index (χ3n) is 7.02. The second-order valence-corrected chi connectivity index (χ2v) is 10.4. The van der Waals surface area contributed by atoms with Crippen molar-refractivity contribution in [3.05, 3.63) is 99.9 Å². The summed E-state index contributed by atoms with van der Waals surface area (Å²) in [5.41, 5.74) is 5.11. The van der Waals surface area contributed by atoms with Crippen LogP contribution < -0.4 is 10.1 Å². The summed E-state index contributed by atoms with van der Waals surface area (Å²) in [7, 11) is 3.80. The summed E-state index contributed by atoms with van der Waals surface area (Å²) < 4.78 is 21.3. The van der Waals surface area contributed by atoms with Crippen molar-refractivity contribution in [2.24, 2.45) is 0 Å². The number of anilines is 1. The van der Waals surface area contributed by atoms with Crippen LogP contribution in [0.2, 0.25) is 0 Å². The molecule has 6 nitrogen and oxygen atoms in total. The zero-order chi connectivity index (χ0) is 24.8. The Morgan fingerprint density at radius 1 is 1.08 bits per heavy atom. The predicted octanol–water partition coefficient (Wildman–Crippen LogP) is 5.81. The number of carbonyl (C=O) groups is 1. The second-order valence-electron chi connectivity index (χ2n) is 9.32. The van der Waals surface area contributed by atoms with Crippen LogP contribution in [0.25, 0.3) is 5.00 Å². The van der Waals surface area contributed by atoms with Crippen molar-refractivity contribution >= 4 is 23.1 Å². The molecule has 2 aromatic heterocycles. The number of ether oxygens (including phenoxy) is 1. The molecule has 0 bridgehead atoms. The Bertz CT molecular complexity index is 1430. The van der Waals surface area contributed by atoms with Crippen LogP contribution in [0.4, 0.5) is 14.9 Å². The van der Waals surface area contributed by atoms with Gasteiger partial charge in [0, 0.05) is 35.4 Å². The van der Waals surface area contributed by atoms with Gasteiger partial charge in [-0.1, -0.05) is 12.1 Å². The molecule has 0 spiro atoms. The van der Waals surface area contributed by atoms with E-state index in [0.717, 1.165) is 36.5 Å². The van der Waals surface area contributed by atoms with Gasteiger partial charge >= 0.3 is 6.03 Å². The highest BCUT2D eigenvalue weighted by molar-refractivity contribution is 7.15. The van der Waals surface area contributed by atoms with E-state index in [1.54, 1.807) is 19.2 Å². The Balaban J connectivity index is 1.49. The van der Waals surface area contributed by atoms with Gasteiger partial charge in [-0.3, -0.25) is 0 Å². The highest BCUT2D eigenvalue weighted by Crippen LogP contribution is 2.44. The summed E-state index contributed by atoms with van der Waals surface area (Å²) >= 11 is 1.82. The molecule has 36 heavy (non-hydrogen) atoms. The standard InChI is InChI=1S/C28H27FN4O2S/c1-31-14-12-22-23-16-33(28(34)30-20-10-8-19(29)9-11-20)26(18-5-3-6-21(15-18)35-2)24-7-4-13-32(24)27(23)36-25(22)17-31/h3-11,13,15,26H,12,14,16-17H2,1-2H3,(H,30,34). The number of methoxy groups -OCH3 is 1. The minimum Gasteiger partial charge on any atom is -0.497 e. The molecule has 4 heterocycles. The molecule has 0 radical (unpaired) electrons. The number of fused-ring (bicyclic) bond motifs is 5. The van der Waals surface area contributed by atoms with Crippen molar-refractivity contribution in [1.82, 2.24) is 14.4 Å². The molecule has 2 aliphatic rings. The number of aromatic nitrogens is 1. The summed E-state index contributed by atoms with van der Waals surface area (Å²) in [5.74, 6) is 0.401. The number of carbonyl (C=O) groups excluding carboxylic acids is 1. The molecule has 2 aromatic carbocycles. The number of benzene rings is 2. The molecule has 1 N–H and O–H groups in total. The maximum atomic E-state index is 13.9. The van der Waals surface area contributed by atoms with Crippen molar-refractivity contribution in [2.45, 2.75) is 25.6 Å². The quantitative estimate of drug-likeness (QED) is 0.385. The van der Waals surface area contributed by atoms with E-state index in [1.165, 1.54) is 33.1 Å². The summed E-state index contributed by atoms with van der Waals surface area (Å²) in [6.45, 7) is 2.39.